The Balaban J connectivity index is 2.40. The quantitative estimate of drug-likeness (QED) is 0.551. The lowest BCUT2D eigenvalue weighted by atomic mass is 10.4. The number of hydrogen-bond acceptors (Lipinski definition) is 3. The molecular formula is C11H18N4O. The van der Waals surface area contributed by atoms with E-state index >= 15 is 0 Å². The Kier molecular flexibility index (Phi) is 4.72. The van der Waals surface area contributed by atoms with Gasteiger partial charge in [0.2, 0.25) is 5.91 Å². The third-order valence-corrected chi connectivity index (χ3v) is 2.29. The zero-order valence-electron chi connectivity index (χ0n) is 9.81. The Morgan fingerprint density at radius 2 is 2.50 bits per heavy atom. The Morgan fingerprint density at radius 3 is 3.06 bits per heavy atom. The van der Waals surface area contributed by atoms with Crippen LogP contribution < -0.4 is 5.32 Å². The number of aryl methyl sites for hydroxylation is 1. The van der Waals surface area contributed by atoms with Crippen molar-refractivity contribution in [2.24, 2.45) is 7.05 Å². The lowest BCUT2D eigenvalue weighted by Gasteiger charge is -2.16. The average Bonchev–Trinajstić information content (AvgIpc) is 2.64. The minimum Gasteiger partial charge on any atom is -0.337 e. The van der Waals surface area contributed by atoms with Crippen LogP contribution in [0.3, 0.4) is 0 Å². The minimum atomic E-state index is 0.0462. The molecule has 0 aromatic carbocycles. The number of imidazole rings is 1. The first kappa shape index (κ1) is 12.4. The van der Waals surface area contributed by atoms with Gasteiger partial charge in [0.15, 0.2) is 0 Å². The van der Waals surface area contributed by atoms with Crippen LogP contribution in [0.1, 0.15) is 5.82 Å². The predicted molar refractivity (Wildman–Crippen MR) is 62.7 cm³/mol. The van der Waals surface area contributed by atoms with Crippen molar-refractivity contribution >= 4 is 5.91 Å². The van der Waals surface area contributed by atoms with Crippen molar-refractivity contribution in [2.75, 3.05) is 20.1 Å². The molecule has 0 radical (unpaired) electrons. The van der Waals surface area contributed by atoms with Gasteiger partial charge in [-0.05, 0) is 0 Å². The molecule has 0 unspecified atom stereocenters. The normalized spacial score (nSPS) is 10.1. The lowest BCUT2D eigenvalue weighted by molar-refractivity contribution is -0.129. The summed E-state index contributed by atoms with van der Waals surface area (Å²) in [5.74, 6) is 0.921. The second kappa shape index (κ2) is 6.07. The van der Waals surface area contributed by atoms with Gasteiger partial charge in [-0.3, -0.25) is 4.79 Å². The van der Waals surface area contributed by atoms with Gasteiger partial charge in [-0.15, -0.1) is 6.58 Å². The monoisotopic (exact) mass is 222 g/mol. The first-order valence-electron chi connectivity index (χ1n) is 5.17. The molecule has 88 valence electrons. The topological polar surface area (TPSA) is 50.2 Å². The maximum absolute atomic E-state index is 11.6. The summed E-state index contributed by atoms with van der Waals surface area (Å²) in [5.41, 5.74) is 0. The van der Waals surface area contributed by atoms with E-state index in [9.17, 15) is 4.79 Å². The molecule has 0 aliphatic carbocycles. The lowest BCUT2D eigenvalue weighted by Crippen LogP contribution is -2.35. The Hall–Kier alpha value is -1.62. The van der Waals surface area contributed by atoms with Crippen molar-refractivity contribution in [2.45, 2.75) is 6.54 Å². The van der Waals surface area contributed by atoms with E-state index in [0.29, 0.717) is 19.6 Å². The number of rotatable bonds is 6. The van der Waals surface area contributed by atoms with E-state index in [2.05, 4.69) is 16.9 Å². The van der Waals surface area contributed by atoms with Gasteiger partial charge in [-0.1, -0.05) is 6.08 Å². The fourth-order valence-corrected chi connectivity index (χ4v) is 1.27. The third kappa shape index (κ3) is 3.51. The maximum atomic E-state index is 11.6. The molecule has 0 spiro atoms. The molecule has 0 fully saturated rings. The molecule has 5 heteroatoms. The van der Waals surface area contributed by atoms with Crippen LogP contribution in [0.5, 0.6) is 0 Å². The summed E-state index contributed by atoms with van der Waals surface area (Å²) in [7, 11) is 3.68. The van der Waals surface area contributed by atoms with E-state index in [1.54, 1.807) is 24.2 Å². The van der Waals surface area contributed by atoms with E-state index in [1.165, 1.54) is 0 Å². The van der Waals surface area contributed by atoms with Crippen LogP contribution in [0.15, 0.2) is 25.0 Å². The molecule has 0 saturated heterocycles. The second-order valence-electron chi connectivity index (χ2n) is 3.62. The molecule has 0 aliphatic heterocycles. The summed E-state index contributed by atoms with van der Waals surface area (Å²) in [6, 6.07) is 0. The van der Waals surface area contributed by atoms with Gasteiger partial charge in [0.1, 0.15) is 5.82 Å². The highest BCUT2D eigenvalue weighted by molar-refractivity contribution is 5.77. The summed E-state index contributed by atoms with van der Waals surface area (Å²) in [4.78, 5) is 17.5. The Morgan fingerprint density at radius 1 is 1.75 bits per heavy atom. The molecule has 1 aromatic heterocycles. The van der Waals surface area contributed by atoms with Crippen LogP contribution in [0.4, 0.5) is 0 Å². The molecule has 1 heterocycles. The van der Waals surface area contributed by atoms with Crippen LogP contribution in [0.2, 0.25) is 0 Å². The molecule has 0 aliphatic rings. The summed E-state index contributed by atoms with van der Waals surface area (Å²) >= 11 is 0. The van der Waals surface area contributed by atoms with Gasteiger partial charge >= 0.3 is 0 Å². The Labute approximate surface area is 95.8 Å². The highest BCUT2D eigenvalue weighted by Gasteiger charge is 2.10. The SMILES string of the molecule is C=CCNCC(=O)N(C)Cc1nccn1C. The largest absolute Gasteiger partial charge is 0.337 e. The van der Waals surface area contributed by atoms with Crippen molar-refractivity contribution in [3.05, 3.63) is 30.9 Å². The molecular weight excluding hydrogens is 204 g/mol. The van der Waals surface area contributed by atoms with Gasteiger partial charge in [0, 0.05) is 33.0 Å². The van der Waals surface area contributed by atoms with Crippen LogP contribution >= 0.6 is 0 Å². The molecule has 1 aromatic rings. The summed E-state index contributed by atoms with van der Waals surface area (Å²) < 4.78 is 1.90. The fourth-order valence-electron chi connectivity index (χ4n) is 1.27. The third-order valence-electron chi connectivity index (χ3n) is 2.29. The summed E-state index contributed by atoms with van der Waals surface area (Å²) in [6.45, 7) is 5.07. The molecule has 1 amide bonds. The average molecular weight is 222 g/mol. The molecule has 5 nitrogen and oxygen atoms in total. The fraction of sp³-hybridized carbons (Fsp3) is 0.455. The predicted octanol–water partition coefficient (Wildman–Crippen LogP) is 0.154. The summed E-state index contributed by atoms with van der Waals surface area (Å²) in [6.07, 6.45) is 5.32. The molecule has 1 rings (SSSR count). The van der Waals surface area contributed by atoms with Gasteiger partial charge in [0.25, 0.3) is 0 Å². The van der Waals surface area contributed by atoms with Crippen molar-refractivity contribution in [1.82, 2.24) is 19.8 Å². The van der Waals surface area contributed by atoms with Crippen molar-refractivity contribution in [3.63, 3.8) is 0 Å². The van der Waals surface area contributed by atoms with E-state index in [-0.39, 0.29) is 5.91 Å². The highest BCUT2D eigenvalue weighted by Crippen LogP contribution is 1.99. The van der Waals surface area contributed by atoms with Gasteiger partial charge in [-0.2, -0.15) is 0 Å². The van der Waals surface area contributed by atoms with E-state index in [1.807, 2.05) is 17.8 Å². The van der Waals surface area contributed by atoms with Gasteiger partial charge < -0.3 is 14.8 Å². The number of carbonyl (C=O) groups is 1. The van der Waals surface area contributed by atoms with Crippen LogP contribution in [0.25, 0.3) is 0 Å². The van der Waals surface area contributed by atoms with E-state index < -0.39 is 0 Å². The first-order valence-corrected chi connectivity index (χ1v) is 5.17. The number of carbonyl (C=O) groups excluding carboxylic acids is 1. The maximum Gasteiger partial charge on any atom is 0.236 e. The van der Waals surface area contributed by atoms with Gasteiger partial charge in [0.05, 0.1) is 13.1 Å². The Bertz CT molecular complexity index is 359. The van der Waals surface area contributed by atoms with Crippen molar-refractivity contribution in [3.8, 4) is 0 Å². The number of aromatic nitrogens is 2. The van der Waals surface area contributed by atoms with Crippen molar-refractivity contribution in [1.29, 1.82) is 0 Å². The number of nitrogens with zero attached hydrogens (tertiary/aromatic N) is 3. The first-order chi connectivity index (χ1) is 7.65. The summed E-state index contributed by atoms with van der Waals surface area (Å²) in [5, 5.41) is 2.97. The highest BCUT2D eigenvalue weighted by atomic mass is 16.2. The number of hydrogen-bond donors (Lipinski definition) is 1. The number of nitrogens with one attached hydrogen (secondary N) is 1. The molecule has 0 atom stereocenters. The molecule has 0 saturated carbocycles. The molecule has 1 N–H and O–H groups in total. The standard InChI is InChI=1S/C11H18N4O/c1-4-5-12-8-11(16)15(3)9-10-13-6-7-14(10)2/h4,6-7,12H,1,5,8-9H2,2-3H3. The number of amides is 1. The van der Waals surface area contributed by atoms with Gasteiger partial charge in [-0.25, -0.2) is 4.98 Å². The van der Waals surface area contributed by atoms with E-state index in [4.69, 9.17) is 0 Å². The van der Waals surface area contributed by atoms with Crippen LogP contribution in [-0.4, -0.2) is 40.5 Å². The van der Waals surface area contributed by atoms with Crippen molar-refractivity contribution < 1.29 is 4.79 Å². The molecule has 16 heavy (non-hydrogen) atoms. The second-order valence-corrected chi connectivity index (χ2v) is 3.62. The number of likely N-dealkylation sites (N-methyl/N-ethyl adjacent to an activating group) is 1. The van der Waals surface area contributed by atoms with Crippen LogP contribution in [0, 0.1) is 0 Å². The van der Waals surface area contributed by atoms with E-state index in [0.717, 1.165) is 5.82 Å². The van der Waals surface area contributed by atoms with Crippen LogP contribution in [-0.2, 0) is 18.4 Å². The minimum absolute atomic E-state index is 0.0462. The zero-order chi connectivity index (χ0) is 12.0. The smallest absolute Gasteiger partial charge is 0.236 e. The molecule has 0 bridgehead atoms. The zero-order valence-corrected chi connectivity index (χ0v) is 9.81.